The third-order valence-corrected chi connectivity index (χ3v) is 4.32. The number of rotatable bonds is 6. The van der Waals surface area contributed by atoms with Gasteiger partial charge in [0.1, 0.15) is 0 Å². The molecule has 0 fully saturated rings. The summed E-state index contributed by atoms with van der Waals surface area (Å²) < 4.78 is 1.36. The minimum atomic E-state index is -0.287. The summed E-state index contributed by atoms with van der Waals surface area (Å²) in [5.74, 6) is -0.287. The monoisotopic (exact) mass is 350 g/mol. The predicted octanol–water partition coefficient (Wildman–Crippen LogP) is 1.78. The number of nitrogens with zero attached hydrogens (tertiary/aromatic N) is 2. The fourth-order valence-electron chi connectivity index (χ4n) is 2.70. The first-order valence-corrected chi connectivity index (χ1v) is 8.59. The quantitative estimate of drug-likeness (QED) is 0.711. The number of amides is 1. The number of likely N-dealkylation sites (N-methyl/N-ethyl adjacent to an activating group) is 1. The lowest BCUT2D eigenvalue weighted by Crippen LogP contribution is -2.38. The molecule has 1 amide bonds. The average molecular weight is 350 g/mol. The molecule has 6 heteroatoms. The molecule has 0 saturated carbocycles. The number of carbonyl (C=O) groups excluding carboxylic acids is 1. The zero-order valence-electron chi connectivity index (χ0n) is 14.9. The summed E-state index contributed by atoms with van der Waals surface area (Å²) in [6.45, 7) is 2.77. The van der Waals surface area contributed by atoms with Gasteiger partial charge in [0.2, 0.25) is 0 Å². The molecule has 0 spiro atoms. The Labute approximate surface area is 151 Å². The van der Waals surface area contributed by atoms with Crippen LogP contribution in [-0.2, 0) is 6.54 Å². The molecule has 0 radical (unpaired) electrons. The Morgan fingerprint density at radius 2 is 1.73 bits per heavy atom. The Morgan fingerprint density at radius 1 is 1.08 bits per heavy atom. The fraction of sp³-hybridized carbons (Fsp3) is 0.250. The van der Waals surface area contributed by atoms with Gasteiger partial charge in [-0.1, -0.05) is 48.5 Å². The number of aromatic nitrogens is 2. The maximum atomic E-state index is 12.8. The van der Waals surface area contributed by atoms with Gasteiger partial charge in [0.15, 0.2) is 5.69 Å². The molecule has 0 aliphatic rings. The molecule has 0 saturated heterocycles. The van der Waals surface area contributed by atoms with Gasteiger partial charge in [-0.05, 0) is 25.6 Å². The van der Waals surface area contributed by atoms with Gasteiger partial charge in [-0.15, -0.1) is 0 Å². The van der Waals surface area contributed by atoms with Gasteiger partial charge >= 0.3 is 0 Å². The number of hydrogen-bond donors (Lipinski definition) is 2. The van der Waals surface area contributed by atoms with Crippen LogP contribution in [0.1, 0.15) is 23.0 Å². The number of benzene rings is 2. The maximum Gasteiger partial charge on any atom is 0.274 e. The van der Waals surface area contributed by atoms with Crippen molar-refractivity contribution < 1.29 is 4.79 Å². The molecule has 3 aromatic rings. The van der Waals surface area contributed by atoms with E-state index in [2.05, 4.69) is 15.7 Å². The van der Waals surface area contributed by atoms with Crippen molar-refractivity contribution in [3.05, 3.63) is 76.2 Å². The summed E-state index contributed by atoms with van der Waals surface area (Å²) >= 11 is 0. The lowest BCUT2D eigenvalue weighted by Gasteiger charge is -2.13. The van der Waals surface area contributed by atoms with E-state index >= 15 is 0 Å². The summed E-state index contributed by atoms with van der Waals surface area (Å²) in [4.78, 5) is 25.5. The van der Waals surface area contributed by atoms with Crippen LogP contribution in [0.5, 0.6) is 0 Å². The van der Waals surface area contributed by atoms with E-state index in [-0.39, 0.29) is 23.2 Å². The Balaban J connectivity index is 2.03. The van der Waals surface area contributed by atoms with Crippen LogP contribution in [0.25, 0.3) is 10.8 Å². The molecule has 0 bridgehead atoms. The highest BCUT2D eigenvalue weighted by atomic mass is 16.2. The normalized spacial score (nSPS) is 12.1. The average Bonchev–Trinajstić information content (AvgIpc) is 2.68. The van der Waals surface area contributed by atoms with Gasteiger partial charge < -0.3 is 10.6 Å². The topological polar surface area (TPSA) is 76.0 Å². The second kappa shape index (κ2) is 7.93. The Kier molecular flexibility index (Phi) is 5.43. The molecule has 1 aromatic heterocycles. The van der Waals surface area contributed by atoms with Gasteiger partial charge in [-0.25, -0.2) is 4.68 Å². The van der Waals surface area contributed by atoms with Crippen molar-refractivity contribution in [2.75, 3.05) is 13.6 Å². The predicted molar refractivity (Wildman–Crippen MR) is 102 cm³/mol. The fourth-order valence-corrected chi connectivity index (χ4v) is 2.70. The standard InChI is InChI=1S/C20H22N4O2/c1-14(21-2)12-22-19(25)18-16-10-6-7-11-17(16)20(26)24(23-18)13-15-8-4-3-5-9-15/h3-11,14,21H,12-13H2,1-2H3,(H,22,25). The van der Waals surface area contributed by atoms with E-state index in [1.165, 1.54) is 4.68 Å². The van der Waals surface area contributed by atoms with E-state index in [0.717, 1.165) is 5.56 Å². The molecule has 26 heavy (non-hydrogen) atoms. The van der Waals surface area contributed by atoms with Gasteiger partial charge in [0.25, 0.3) is 11.5 Å². The molecule has 0 aliphatic heterocycles. The zero-order valence-corrected chi connectivity index (χ0v) is 14.9. The minimum Gasteiger partial charge on any atom is -0.349 e. The molecule has 3 rings (SSSR count). The highest BCUT2D eigenvalue weighted by molar-refractivity contribution is 6.04. The maximum absolute atomic E-state index is 12.8. The van der Waals surface area contributed by atoms with Crippen LogP contribution in [0.4, 0.5) is 0 Å². The lowest BCUT2D eigenvalue weighted by molar-refractivity contribution is 0.0945. The zero-order chi connectivity index (χ0) is 18.5. The van der Waals surface area contributed by atoms with Crippen LogP contribution < -0.4 is 16.2 Å². The lowest BCUT2D eigenvalue weighted by atomic mass is 10.1. The van der Waals surface area contributed by atoms with Crippen molar-refractivity contribution in [1.82, 2.24) is 20.4 Å². The largest absolute Gasteiger partial charge is 0.349 e. The molecule has 2 N–H and O–H groups in total. The van der Waals surface area contributed by atoms with E-state index in [4.69, 9.17) is 0 Å². The molecule has 134 valence electrons. The highest BCUT2D eigenvalue weighted by Crippen LogP contribution is 2.14. The van der Waals surface area contributed by atoms with Gasteiger partial charge in [-0.3, -0.25) is 9.59 Å². The van der Waals surface area contributed by atoms with E-state index in [0.29, 0.717) is 23.9 Å². The molecular weight excluding hydrogens is 328 g/mol. The Morgan fingerprint density at radius 3 is 2.42 bits per heavy atom. The van der Waals surface area contributed by atoms with Gasteiger partial charge in [0, 0.05) is 18.0 Å². The summed E-state index contributed by atoms with van der Waals surface area (Å²) in [5.41, 5.74) is 1.01. The third kappa shape index (κ3) is 3.81. The number of fused-ring (bicyclic) bond motifs is 1. The van der Waals surface area contributed by atoms with Crippen molar-refractivity contribution in [3.8, 4) is 0 Å². The number of carbonyl (C=O) groups is 1. The summed E-state index contributed by atoms with van der Waals surface area (Å²) in [6, 6.07) is 16.8. The summed E-state index contributed by atoms with van der Waals surface area (Å²) in [7, 11) is 1.84. The van der Waals surface area contributed by atoms with Crippen molar-refractivity contribution >= 4 is 16.7 Å². The van der Waals surface area contributed by atoms with Crippen LogP contribution in [0.2, 0.25) is 0 Å². The second-order valence-electron chi connectivity index (χ2n) is 6.24. The van der Waals surface area contributed by atoms with Crippen LogP contribution in [0.15, 0.2) is 59.4 Å². The first-order chi connectivity index (χ1) is 12.6. The highest BCUT2D eigenvalue weighted by Gasteiger charge is 2.17. The van der Waals surface area contributed by atoms with Crippen LogP contribution in [0, 0.1) is 0 Å². The Hall–Kier alpha value is -2.99. The summed E-state index contributed by atoms with van der Waals surface area (Å²) in [5, 5.41) is 11.4. The molecule has 1 heterocycles. The third-order valence-electron chi connectivity index (χ3n) is 4.32. The minimum absolute atomic E-state index is 0.139. The number of hydrogen-bond acceptors (Lipinski definition) is 4. The van der Waals surface area contributed by atoms with Crippen LogP contribution in [-0.4, -0.2) is 35.3 Å². The van der Waals surface area contributed by atoms with E-state index in [1.54, 1.807) is 24.3 Å². The van der Waals surface area contributed by atoms with Crippen LogP contribution in [0.3, 0.4) is 0 Å². The molecular formula is C20H22N4O2. The first kappa shape index (κ1) is 17.8. The Bertz CT molecular complexity index is 966. The van der Waals surface area contributed by atoms with E-state index in [9.17, 15) is 9.59 Å². The van der Waals surface area contributed by atoms with Crippen molar-refractivity contribution in [2.45, 2.75) is 19.5 Å². The van der Waals surface area contributed by atoms with Crippen LogP contribution >= 0.6 is 0 Å². The van der Waals surface area contributed by atoms with Crippen molar-refractivity contribution in [3.63, 3.8) is 0 Å². The molecule has 1 atom stereocenters. The first-order valence-electron chi connectivity index (χ1n) is 8.59. The SMILES string of the molecule is CNC(C)CNC(=O)c1nn(Cc2ccccc2)c(=O)c2ccccc12. The molecule has 6 nitrogen and oxygen atoms in total. The van der Waals surface area contributed by atoms with Crippen molar-refractivity contribution in [2.24, 2.45) is 0 Å². The van der Waals surface area contributed by atoms with Crippen molar-refractivity contribution in [1.29, 1.82) is 0 Å². The number of nitrogens with one attached hydrogen (secondary N) is 2. The van der Waals surface area contributed by atoms with Gasteiger partial charge in [-0.2, -0.15) is 5.10 Å². The molecule has 2 aromatic carbocycles. The molecule has 1 unspecified atom stereocenters. The molecule has 0 aliphatic carbocycles. The van der Waals surface area contributed by atoms with E-state index < -0.39 is 0 Å². The second-order valence-corrected chi connectivity index (χ2v) is 6.24. The van der Waals surface area contributed by atoms with Gasteiger partial charge in [0.05, 0.1) is 11.9 Å². The summed E-state index contributed by atoms with van der Waals surface area (Å²) in [6.07, 6.45) is 0. The smallest absolute Gasteiger partial charge is 0.274 e. The van der Waals surface area contributed by atoms with E-state index in [1.807, 2.05) is 44.3 Å².